The molecule has 1 aliphatic rings. The number of hydrogen-bond donors (Lipinski definition) is 1. The maximum atomic E-state index is 13.3. The van der Waals surface area contributed by atoms with E-state index in [9.17, 15) is 9.59 Å². The summed E-state index contributed by atoms with van der Waals surface area (Å²) in [6.07, 6.45) is 1.17. The molecule has 0 bridgehead atoms. The van der Waals surface area contributed by atoms with Crippen LogP contribution in [0.3, 0.4) is 0 Å². The number of carbonyl (C=O) groups excluding carboxylic acids is 2. The Morgan fingerprint density at radius 2 is 1.63 bits per heavy atom. The number of nitrogens with zero attached hydrogens (tertiary/aromatic N) is 1. The number of allylic oxidation sites excluding steroid dienone is 2. The fourth-order valence-electron chi connectivity index (χ4n) is 4.38. The van der Waals surface area contributed by atoms with Crippen LogP contribution in [0.4, 0.5) is 0 Å². The van der Waals surface area contributed by atoms with Gasteiger partial charge in [-0.1, -0.05) is 49.7 Å². The smallest absolute Gasteiger partial charge is 0.193 e. The first-order valence-corrected chi connectivity index (χ1v) is 11.1. The number of hydrogen-bond acceptors (Lipinski definition) is 4. The maximum Gasteiger partial charge on any atom is 0.193 e. The van der Waals surface area contributed by atoms with Crippen molar-refractivity contribution in [2.45, 2.75) is 34.6 Å². The second kappa shape index (κ2) is 10.5. The quantitative estimate of drug-likeness (QED) is 0.130. The van der Waals surface area contributed by atoms with Crippen LogP contribution in [0.2, 0.25) is 0 Å². The number of carbonyl (C=O) groups is 2. The zero-order valence-corrected chi connectivity index (χ0v) is 22.7. The predicted molar refractivity (Wildman–Crippen MR) is 136 cm³/mol. The zero-order chi connectivity index (χ0) is 24.6. The van der Waals surface area contributed by atoms with Gasteiger partial charge in [-0.15, -0.1) is 34.9 Å². The van der Waals surface area contributed by atoms with E-state index in [1.807, 2.05) is 44.2 Å². The molecule has 5 heteroatoms. The van der Waals surface area contributed by atoms with Crippen LogP contribution in [0, 0.1) is 26.8 Å². The number of ketones is 2. The Morgan fingerprint density at radius 1 is 0.886 bits per heavy atom. The van der Waals surface area contributed by atoms with E-state index in [1.165, 1.54) is 19.9 Å². The van der Waals surface area contributed by atoms with Gasteiger partial charge in [-0.05, 0) is 49.7 Å². The summed E-state index contributed by atoms with van der Waals surface area (Å²) in [5.41, 5.74) is 9.50. The van der Waals surface area contributed by atoms with Gasteiger partial charge < -0.3 is 5.11 Å². The largest absolute Gasteiger partial charge is 0.512 e. The van der Waals surface area contributed by atoms with Gasteiger partial charge in [0.2, 0.25) is 0 Å². The second-order valence-electron chi connectivity index (χ2n) is 8.78. The molecule has 1 N–H and O–H groups in total. The van der Waals surface area contributed by atoms with Gasteiger partial charge in [-0.3, -0.25) is 14.6 Å². The normalized spacial score (nSPS) is 11.8. The molecule has 179 valence electrons. The molecule has 0 amide bonds. The number of fused-ring (bicyclic) bond motifs is 2. The van der Waals surface area contributed by atoms with Crippen LogP contribution in [-0.2, 0) is 24.9 Å². The van der Waals surface area contributed by atoms with Gasteiger partial charge in [0.15, 0.2) is 11.6 Å². The molecule has 5 rings (SSSR count). The van der Waals surface area contributed by atoms with E-state index >= 15 is 0 Å². The summed E-state index contributed by atoms with van der Waals surface area (Å²) in [6.45, 7) is 8.97. The van der Waals surface area contributed by atoms with Gasteiger partial charge in [0.1, 0.15) is 0 Å². The average molecular weight is 641 g/mol. The zero-order valence-electron chi connectivity index (χ0n) is 20.3. The van der Waals surface area contributed by atoms with Gasteiger partial charge in [0, 0.05) is 42.7 Å². The van der Waals surface area contributed by atoms with E-state index in [4.69, 9.17) is 10.1 Å². The molecule has 1 aromatic heterocycles. The van der Waals surface area contributed by atoms with Gasteiger partial charge in [0.25, 0.3) is 0 Å². The first kappa shape index (κ1) is 26.2. The third-order valence-electron chi connectivity index (χ3n) is 5.62. The standard InChI is InChI=1S/C25H18NO.C5H8O2.Ir/c1-14-7-8-18-19-5-4-6-22-24(19)21(25(27)20(18)12-14)13-23(26-22)17-10-15(2)9-16(3)11-17;1-4(6)3-5(2)7;/h4-10,12-13H,1-3H3;3,6H,1-2H3;/q-1;;/b;4-3-;. The van der Waals surface area contributed by atoms with E-state index in [0.29, 0.717) is 0 Å². The second-order valence-corrected chi connectivity index (χ2v) is 8.78. The molecular weight excluding hydrogens is 615 g/mol. The Kier molecular flexibility index (Phi) is 7.84. The fraction of sp³-hybridized carbons (Fsp3) is 0.167. The number of rotatable bonds is 2. The maximum absolute atomic E-state index is 13.3. The third kappa shape index (κ3) is 5.48. The van der Waals surface area contributed by atoms with Crippen molar-refractivity contribution in [1.29, 1.82) is 0 Å². The number of aliphatic hydroxyl groups excluding tert-OH is 1. The summed E-state index contributed by atoms with van der Waals surface area (Å²) in [5, 5.41) is 9.31. The molecule has 0 fully saturated rings. The molecule has 1 aliphatic carbocycles. The van der Waals surface area contributed by atoms with Crippen molar-refractivity contribution in [3.8, 4) is 22.4 Å². The molecule has 4 aromatic rings. The fourth-order valence-corrected chi connectivity index (χ4v) is 4.38. The van der Waals surface area contributed by atoms with Crippen LogP contribution >= 0.6 is 0 Å². The van der Waals surface area contributed by atoms with Crippen molar-refractivity contribution < 1.29 is 34.8 Å². The molecule has 1 radical (unpaired) electrons. The number of benzene rings is 3. The van der Waals surface area contributed by atoms with Gasteiger partial charge in [-0.25, -0.2) is 0 Å². The molecule has 0 unspecified atom stereocenters. The Morgan fingerprint density at radius 3 is 2.26 bits per heavy atom. The summed E-state index contributed by atoms with van der Waals surface area (Å²) in [6, 6.07) is 21.7. The first-order chi connectivity index (χ1) is 16.1. The topological polar surface area (TPSA) is 67.3 Å². The first-order valence-electron chi connectivity index (χ1n) is 11.1. The van der Waals surface area contributed by atoms with Crippen molar-refractivity contribution in [2.75, 3.05) is 0 Å². The summed E-state index contributed by atoms with van der Waals surface area (Å²) in [4.78, 5) is 28.2. The molecule has 0 spiro atoms. The number of aromatic nitrogens is 1. The Bertz CT molecular complexity index is 1480. The Hall–Kier alpha value is -3.40. The minimum Gasteiger partial charge on any atom is -0.512 e. The molecule has 3 aromatic carbocycles. The number of pyridine rings is 1. The van der Waals surface area contributed by atoms with Crippen molar-refractivity contribution in [1.82, 2.24) is 4.98 Å². The minimum atomic E-state index is -0.125. The third-order valence-corrected chi connectivity index (χ3v) is 5.62. The Labute approximate surface area is 219 Å². The van der Waals surface area contributed by atoms with Crippen LogP contribution in [0.15, 0.2) is 66.4 Å². The van der Waals surface area contributed by atoms with Gasteiger partial charge >= 0.3 is 0 Å². The summed E-state index contributed by atoms with van der Waals surface area (Å²) in [5.74, 6) is 0.0120. The van der Waals surface area contributed by atoms with E-state index in [-0.39, 0.29) is 37.4 Å². The molecule has 0 saturated heterocycles. The van der Waals surface area contributed by atoms with Crippen molar-refractivity contribution >= 4 is 22.5 Å². The number of aryl methyl sites for hydroxylation is 3. The van der Waals surface area contributed by atoms with Gasteiger partial charge in [-0.2, -0.15) is 0 Å². The molecule has 1 heterocycles. The van der Waals surface area contributed by atoms with E-state index in [2.05, 4.69) is 37.3 Å². The average Bonchev–Trinajstić information content (AvgIpc) is 2.75. The van der Waals surface area contributed by atoms with Crippen molar-refractivity contribution in [3.63, 3.8) is 0 Å². The summed E-state index contributed by atoms with van der Waals surface area (Å²) in [7, 11) is 0. The van der Waals surface area contributed by atoms with Gasteiger partial charge in [0.05, 0.1) is 11.3 Å². The van der Waals surface area contributed by atoms with Crippen LogP contribution in [0.25, 0.3) is 33.3 Å². The molecule has 4 nitrogen and oxygen atoms in total. The molecule has 0 atom stereocenters. The predicted octanol–water partition coefficient (Wildman–Crippen LogP) is 6.87. The summed E-state index contributed by atoms with van der Waals surface area (Å²) < 4.78 is 0. The van der Waals surface area contributed by atoms with E-state index in [0.717, 1.165) is 61.1 Å². The Balaban J connectivity index is 0.000000378. The van der Waals surface area contributed by atoms with E-state index in [1.54, 1.807) is 0 Å². The minimum absolute atomic E-state index is 0. The molecular formula is C30H26IrNO3-. The molecule has 0 saturated carbocycles. The van der Waals surface area contributed by atoms with Crippen LogP contribution in [0.1, 0.15) is 46.5 Å². The van der Waals surface area contributed by atoms with Crippen LogP contribution in [-0.4, -0.2) is 21.7 Å². The van der Waals surface area contributed by atoms with Crippen molar-refractivity contribution in [3.05, 3.63) is 100 Å². The molecule has 35 heavy (non-hydrogen) atoms. The van der Waals surface area contributed by atoms with E-state index < -0.39 is 0 Å². The summed E-state index contributed by atoms with van der Waals surface area (Å²) >= 11 is 0. The van der Waals surface area contributed by atoms with Crippen molar-refractivity contribution in [2.24, 2.45) is 0 Å². The number of aliphatic hydroxyl groups is 1. The molecule has 0 aliphatic heterocycles. The monoisotopic (exact) mass is 641 g/mol. The van der Waals surface area contributed by atoms with Crippen LogP contribution < -0.4 is 0 Å². The van der Waals surface area contributed by atoms with Crippen LogP contribution in [0.5, 0.6) is 0 Å². The SMILES string of the molecule is CC(=O)/C=C(/C)O.Cc1[c-]c(-c2cc3c4c(cccc4n2)-c2ccc(C)cc2C3=O)cc(C)c1.[Ir].